The summed E-state index contributed by atoms with van der Waals surface area (Å²) in [5.74, 6) is 1.00. The molecule has 80 valence electrons. The summed E-state index contributed by atoms with van der Waals surface area (Å²) in [5, 5.41) is 0. The van der Waals surface area contributed by atoms with Gasteiger partial charge in [0.25, 0.3) is 0 Å². The fourth-order valence-corrected chi connectivity index (χ4v) is 2.25. The monoisotopic (exact) mass is 211 g/mol. The van der Waals surface area contributed by atoms with Gasteiger partial charge in [0.2, 0.25) is 0 Å². The second-order valence-corrected chi connectivity index (χ2v) is 3.88. The van der Waals surface area contributed by atoms with E-state index >= 15 is 0 Å². The van der Waals surface area contributed by atoms with Crippen molar-refractivity contribution in [2.24, 2.45) is 0 Å². The second kappa shape index (κ2) is 3.59. The maximum Gasteiger partial charge on any atom is 0.155 e. The zero-order valence-corrected chi connectivity index (χ0v) is 9.22. The van der Waals surface area contributed by atoms with Crippen LogP contribution in [0, 0.1) is 0 Å². The molecule has 1 aliphatic heterocycles. The van der Waals surface area contributed by atoms with Crippen molar-refractivity contribution in [2.75, 3.05) is 11.4 Å². The van der Waals surface area contributed by atoms with Crippen LogP contribution in [0.1, 0.15) is 18.2 Å². The molecule has 0 fully saturated rings. The van der Waals surface area contributed by atoms with E-state index in [1.165, 1.54) is 11.3 Å². The minimum Gasteiger partial charge on any atom is -0.325 e. The normalized spacial score (nSPS) is 13.2. The largest absolute Gasteiger partial charge is 0.325 e. The number of aromatic nitrogens is 2. The molecule has 0 spiro atoms. The summed E-state index contributed by atoms with van der Waals surface area (Å²) in [7, 11) is 0. The first-order valence-electron chi connectivity index (χ1n) is 5.55. The number of benzene rings is 1. The van der Waals surface area contributed by atoms with Crippen molar-refractivity contribution in [1.82, 2.24) is 9.97 Å². The number of anilines is 2. The number of fused-ring (bicyclic) bond motifs is 2. The first-order chi connectivity index (χ1) is 7.90. The SMILES string of the molecule is CCN1c2ccccc2Cc2nccnc21. The molecule has 1 aromatic carbocycles. The van der Waals surface area contributed by atoms with Crippen LogP contribution >= 0.6 is 0 Å². The molecule has 1 aromatic heterocycles. The molecule has 0 atom stereocenters. The Morgan fingerprint density at radius 1 is 1.19 bits per heavy atom. The first-order valence-corrected chi connectivity index (χ1v) is 5.55. The Labute approximate surface area is 94.8 Å². The van der Waals surface area contributed by atoms with Gasteiger partial charge in [-0.25, -0.2) is 4.98 Å². The molecule has 0 saturated carbocycles. The summed E-state index contributed by atoms with van der Waals surface area (Å²) in [6, 6.07) is 8.46. The Balaban J connectivity index is 2.19. The highest BCUT2D eigenvalue weighted by Crippen LogP contribution is 2.35. The molecule has 0 N–H and O–H groups in total. The molecule has 0 amide bonds. The van der Waals surface area contributed by atoms with Gasteiger partial charge in [-0.3, -0.25) is 4.98 Å². The van der Waals surface area contributed by atoms with Gasteiger partial charge in [-0.1, -0.05) is 18.2 Å². The number of rotatable bonds is 1. The van der Waals surface area contributed by atoms with Crippen molar-refractivity contribution in [3.8, 4) is 0 Å². The van der Waals surface area contributed by atoms with E-state index in [1.807, 2.05) is 0 Å². The molecule has 3 heteroatoms. The van der Waals surface area contributed by atoms with Crippen LogP contribution in [0.25, 0.3) is 0 Å². The van der Waals surface area contributed by atoms with Gasteiger partial charge in [0.1, 0.15) is 0 Å². The van der Waals surface area contributed by atoms with Crippen molar-refractivity contribution in [3.63, 3.8) is 0 Å². The van der Waals surface area contributed by atoms with Crippen molar-refractivity contribution in [2.45, 2.75) is 13.3 Å². The zero-order chi connectivity index (χ0) is 11.0. The smallest absolute Gasteiger partial charge is 0.155 e. The van der Waals surface area contributed by atoms with Crippen LogP contribution in [-0.4, -0.2) is 16.5 Å². The number of nitrogens with zero attached hydrogens (tertiary/aromatic N) is 3. The summed E-state index contributed by atoms with van der Waals surface area (Å²) in [6.45, 7) is 3.06. The van der Waals surface area contributed by atoms with Crippen LogP contribution in [0.4, 0.5) is 11.5 Å². The maximum atomic E-state index is 4.43. The van der Waals surface area contributed by atoms with Crippen molar-refractivity contribution in [1.29, 1.82) is 0 Å². The summed E-state index contributed by atoms with van der Waals surface area (Å²) >= 11 is 0. The van der Waals surface area contributed by atoms with E-state index in [-0.39, 0.29) is 0 Å². The fourth-order valence-electron chi connectivity index (χ4n) is 2.25. The third kappa shape index (κ3) is 1.28. The zero-order valence-electron chi connectivity index (χ0n) is 9.22. The van der Waals surface area contributed by atoms with Crippen molar-refractivity contribution < 1.29 is 0 Å². The lowest BCUT2D eigenvalue weighted by molar-refractivity contribution is 0.894. The maximum absolute atomic E-state index is 4.43. The molecule has 0 bridgehead atoms. The Morgan fingerprint density at radius 2 is 2.00 bits per heavy atom. The van der Waals surface area contributed by atoms with Gasteiger partial charge in [0, 0.05) is 31.0 Å². The highest BCUT2D eigenvalue weighted by molar-refractivity contribution is 5.70. The van der Waals surface area contributed by atoms with E-state index in [4.69, 9.17) is 0 Å². The van der Waals surface area contributed by atoms with Gasteiger partial charge in [0.15, 0.2) is 5.82 Å². The summed E-state index contributed by atoms with van der Waals surface area (Å²) in [4.78, 5) is 11.1. The third-order valence-corrected chi connectivity index (χ3v) is 2.96. The van der Waals surface area contributed by atoms with E-state index in [9.17, 15) is 0 Å². The van der Waals surface area contributed by atoms with E-state index in [1.54, 1.807) is 12.4 Å². The number of hydrogen-bond donors (Lipinski definition) is 0. The Morgan fingerprint density at radius 3 is 2.88 bits per heavy atom. The van der Waals surface area contributed by atoms with Crippen LogP contribution in [-0.2, 0) is 6.42 Å². The summed E-state index contributed by atoms with van der Waals surface area (Å²) < 4.78 is 0. The molecule has 1 aliphatic rings. The van der Waals surface area contributed by atoms with Crippen molar-refractivity contribution >= 4 is 11.5 Å². The fraction of sp³-hybridized carbons (Fsp3) is 0.231. The van der Waals surface area contributed by atoms with Crippen LogP contribution in [0.2, 0.25) is 0 Å². The van der Waals surface area contributed by atoms with Crippen molar-refractivity contribution in [3.05, 3.63) is 47.9 Å². The lowest BCUT2D eigenvalue weighted by atomic mass is 10.0. The Kier molecular flexibility index (Phi) is 2.10. The standard InChI is InChI=1S/C13H13N3/c1-2-16-12-6-4-3-5-10(12)9-11-13(16)15-8-7-14-11/h3-8H,2,9H2,1H3. The second-order valence-electron chi connectivity index (χ2n) is 3.88. The van der Waals surface area contributed by atoms with Gasteiger partial charge in [-0.2, -0.15) is 0 Å². The van der Waals surface area contributed by atoms with Gasteiger partial charge >= 0.3 is 0 Å². The van der Waals surface area contributed by atoms with Crippen LogP contribution in [0.5, 0.6) is 0 Å². The van der Waals surface area contributed by atoms with Crippen LogP contribution in [0.15, 0.2) is 36.7 Å². The molecule has 0 unspecified atom stereocenters. The van der Waals surface area contributed by atoms with E-state index in [2.05, 4.69) is 46.1 Å². The molecule has 0 aliphatic carbocycles. The molecule has 3 nitrogen and oxygen atoms in total. The number of para-hydroxylation sites is 1. The van der Waals surface area contributed by atoms with E-state index in [0.29, 0.717) is 0 Å². The van der Waals surface area contributed by atoms with Gasteiger partial charge in [-0.05, 0) is 18.6 Å². The summed E-state index contributed by atoms with van der Waals surface area (Å²) in [6.07, 6.45) is 4.41. The molecular formula is C13H13N3. The molecular weight excluding hydrogens is 198 g/mol. The van der Waals surface area contributed by atoms with Crippen LogP contribution in [0.3, 0.4) is 0 Å². The molecule has 2 aromatic rings. The minimum atomic E-state index is 0.885. The van der Waals surface area contributed by atoms with Gasteiger partial charge < -0.3 is 4.90 Å². The molecule has 0 radical (unpaired) electrons. The lowest BCUT2D eigenvalue weighted by Gasteiger charge is -2.30. The van der Waals surface area contributed by atoms with E-state index < -0.39 is 0 Å². The average molecular weight is 211 g/mol. The van der Waals surface area contributed by atoms with Gasteiger partial charge in [-0.15, -0.1) is 0 Å². The minimum absolute atomic E-state index is 0.885. The molecule has 0 saturated heterocycles. The molecule has 16 heavy (non-hydrogen) atoms. The molecule has 2 heterocycles. The highest BCUT2D eigenvalue weighted by Gasteiger charge is 2.22. The predicted molar refractivity (Wildman–Crippen MR) is 64.0 cm³/mol. The Bertz CT molecular complexity index is 477. The van der Waals surface area contributed by atoms with Crippen LogP contribution < -0.4 is 4.90 Å². The predicted octanol–water partition coefficient (Wildman–Crippen LogP) is 2.54. The Hall–Kier alpha value is -1.90. The third-order valence-electron chi connectivity index (χ3n) is 2.96. The van der Waals surface area contributed by atoms with Gasteiger partial charge in [0.05, 0.1) is 5.69 Å². The lowest BCUT2D eigenvalue weighted by Crippen LogP contribution is -2.24. The van der Waals surface area contributed by atoms with E-state index in [0.717, 1.165) is 24.5 Å². The number of hydrogen-bond acceptors (Lipinski definition) is 3. The molecule has 3 rings (SSSR count). The quantitative estimate of drug-likeness (QED) is 0.725. The average Bonchev–Trinajstić information content (AvgIpc) is 2.36. The summed E-state index contributed by atoms with van der Waals surface area (Å²) in [5.41, 5.74) is 3.67. The topological polar surface area (TPSA) is 29.0 Å². The highest BCUT2D eigenvalue weighted by atomic mass is 15.2. The first kappa shape index (κ1) is 9.33.